The Balaban J connectivity index is 3.11. The molecule has 56 valence electrons. The minimum absolute atomic E-state index is 0.0208. The monoisotopic (exact) mass is 162 g/mol. The zero-order chi connectivity index (χ0) is 7.78. The quantitative estimate of drug-likeness (QED) is 0.382. The van der Waals surface area contributed by atoms with E-state index in [1.807, 2.05) is 4.72 Å². The van der Waals surface area contributed by atoms with Gasteiger partial charge < -0.3 is 11.5 Å². The molecule has 0 radical (unpaired) electrons. The van der Waals surface area contributed by atoms with Gasteiger partial charge in [-0.25, -0.2) is 0 Å². The molecule has 1 aliphatic rings. The molecule has 1 aliphatic heterocycles. The van der Waals surface area contributed by atoms with Gasteiger partial charge in [0.05, 0.1) is 0 Å². The van der Waals surface area contributed by atoms with Crippen LogP contribution < -0.4 is 16.2 Å². The molecule has 7 heteroatoms. The van der Waals surface area contributed by atoms with Crippen molar-refractivity contribution in [3.63, 3.8) is 0 Å². The molecule has 0 unspecified atom stereocenters. The molecule has 1 rings (SSSR count). The molecule has 0 saturated heterocycles. The second-order valence-electron chi connectivity index (χ2n) is 1.69. The van der Waals surface area contributed by atoms with Crippen molar-refractivity contribution in [2.24, 2.45) is 15.9 Å². The number of nitrogens with one attached hydrogen (secondary N) is 1. The Kier molecular flexibility index (Phi) is 1.29. The highest BCUT2D eigenvalue weighted by Gasteiger charge is 2.12. The second-order valence-corrected chi connectivity index (χ2v) is 3.03. The topological polar surface area (TPSA) is 111 Å². The summed E-state index contributed by atoms with van der Waals surface area (Å²) in [5, 5.41) is 0. The van der Waals surface area contributed by atoms with Crippen LogP contribution in [0.3, 0.4) is 0 Å². The van der Waals surface area contributed by atoms with Crippen LogP contribution in [0.15, 0.2) is 16.3 Å². The van der Waals surface area contributed by atoms with Gasteiger partial charge in [-0.15, -0.1) is 4.40 Å². The third-order valence-corrected chi connectivity index (χ3v) is 1.72. The average molecular weight is 162 g/mol. The molecule has 1 heterocycles. The molecule has 5 N–H and O–H groups in total. The van der Waals surface area contributed by atoms with Crippen LogP contribution in [0.5, 0.6) is 0 Å². The van der Waals surface area contributed by atoms with Gasteiger partial charge in [0, 0.05) is 6.08 Å². The predicted octanol–water partition coefficient (Wildman–Crippen LogP) is -2.01. The average Bonchev–Trinajstić information content (AvgIpc) is 1.54. The van der Waals surface area contributed by atoms with Crippen molar-refractivity contribution in [3.05, 3.63) is 11.9 Å². The molecule has 0 aromatic carbocycles. The Hall–Kier alpha value is -1.24. The third-order valence-electron chi connectivity index (χ3n) is 0.776. The van der Waals surface area contributed by atoms with Gasteiger partial charge in [-0.05, 0) is 0 Å². The molecule has 10 heavy (non-hydrogen) atoms. The summed E-state index contributed by atoms with van der Waals surface area (Å²) in [6.45, 7) is 0. The highest BCUT2D eigenvalue weighted by molar-refractivity contribution is 7.88. The highest BCUT2D eigenvalue weighted by Crippen LogP contribution is 1.96. The van der Waals surface area contributed by atoms with E-state index in [2.05, 4.69) is 4.40 Å². The molecular formula is C3H6N4O2S. The summed E-state index contributed by atoms with van der Waals surface area (Å²) >= 11 is 0. The van der Waals surface area contributed by atoms with E-state index in [1.54, 1.807) is 0 Å². The van der Waals surface area contributed by atoms with Crippen LogP contribution in [0.2, 0.25) is 0 Å². The van der Waals surface area contributed by atoms with Crippen LogP contribution in [0.25, 0.3) is 0 Å². The fraction of sp³-hybridized carbons (Fsp3) is 0. The molecule has 0 spiro atoms. The molecule has 0 aromatic rings. The Morgan fingerprint density at radius 1 is 1.50 bits per heavy atom. The van der Waals surface area contributed by atoms with Crippen molar-refractivity contribution >= 4 is 16.0 Å². The van der Waals surface area contributed by atoms with Gasteiger partial charge in [0.15, 0.2) is 0 Å². The molecule has 6 nitrogen and oxygen atoms in total. The maximum Gasteiger partial charge on any atom is 0.345 e. The predicted molar refractivity (Wildman–Crippen MR) is 35.9 cm³/mol. The van der Waals surface area contributed by atoms with E-state index in [1.165, 1.54) is 6.08 Å². The van der Waals surface area contributed by atoms with Gasteiger partial charge in [-0.2, -0.15) is 8.42 Å². The van der Waals surface area contributed by atoms with Gasteiger partial charge in [0.25, 0.3) is 0 Å². The summed E-state index contributed by atoms with van der Waals surface area (Å²) in [7, 11) is -3.66. The number of nitrogens with two attached hydrogens (primary N) is 2. The first kappa shape index (κ1) is 6.87. The summed E-state index contributed by atoms with van der Waals surface area (Å²) < 4.78 is 26.1. The normalized spacial score (nSPS) is 22.4. The number of nitrogens with zero attached hydrogens (tertiary/aromatic N) is 1. The Labute approximate surface area is 57.8 Å². The van der Waals surface area contributed by atoms with E-state index in [9.17, 15) is 8.42 Å². The van der Waals surface area contributed by atoms with Gasteiger partial charge in [-0.1, -0.05) is 0 Å². The molecule has 0 amide bonds. The molecule has 0 atom stereocenters. The fourth-order valence-corrected chi connectivity index (χ4v) is 1.26. The SMILES string of the molecule is NC1=CC(N)=NS(=O)(=O)N1. The smallest absolute Gasteiger partial charge is 0.345 e. The van der Waals surface area contributed by atoms with Gasteiger partial charge in [0.1, 0.15) is 11.7 Å². The van der Waals surface area contributed by atoms with Crippen LogP contribution in [0.1, 0.15) is 0 Å². The summed E-state index contributed by atoms with van der Waals surface area (Å²) in [5.41, 5.74) is 10.2. The molecule has 0 bridgehead atoms. The maximum absolute atomic E-state index is 10.6. The van der Waals surface area contributed by atoms with Crippen molar-refractivity contribution in [1.82, 2.24) is 4.72 Å². The lowest BCUT2D eigenvalue weighted by Crippen LogP contribution is -2.33. The van der Waals surface area contributed by atoms with Crippen LogP contribution in [0, 0.1) is 0 Å². The largest absolute Gasteiger partial charge is 0.385 e. The number of hydrogen-bond acceptors (Lipinski definition) is 4. The first-order chi connectivity index (χ1) is 4.49. The second kappa shape index (κ2) is 1.87. The lowest BCUT2D eigenvalue weighted by molar-refractivity contribution is 0.589. The number of hydrogen-bond donors (Lipinski definition) is 3. The summed E-state index contributed by atoms with van der Waals surface area (Å²) in [6.07, 6.45) is 1.22. The molecule has 0 aromatic heterocycles. The first-order valence-corrected chi connectivity index (χ1v) is 3.79. The highest BCUT2D eigenvalue weighted by atomic mass is 32.2. The minimum atomic E-state index is -3.66. The first-order valence-electron chi connectivity index (χ1n) is 2.35. The molecular weight excluding hydrogens is 156 g/mol. The van der Waals surface area contributed by atoms with E-state index in [4.69, 9.17) is 11.5 Å². The van der Waals surface area contributed by atoms with E-state index >= 15 is 0 Å². The third kappa shape index (κ3) is 1.38. The summed E-state index contributed by atoms with van der Waals surface area (Å²) in [5.74, 6) is -0.135. The summed E-state index contributed by atoms with van der Waals surface area (Å²) in [6, 6.07) is 0. The van der Waals surface area contributed by atoms with Crippen molar-refractivity contribution in [2.75, 3.05) is 0 Å². The zero-order valence-corrected chi connectivity index (χ0v) is 5.72. The van der Waals surface area contributed by atoms with Crippen molar-refractivity contribution in [3.8, 4) is 0 Å². The van der Waals surface area contributed by atoms with E-state index in [0.717, 1.165) is 0 Å². The van der Waals surface area contributed by atoms with E-state index in [-0.39, 0.29) is 11.7 Å². The zero-order valence-electron chi connectivity index (χ0n) is 4.90. The number of rotatable bonds is 0. The fourth-order valence-electron chi connectivity index (χ4n) is 0.526. The van der Waals surface area contributed by atoms with Crippen LogP contribution in [-0.2, 0) is 10.2 Å². The summed E-state index contributed by atoms with van der Waals surface area (Å²) in [4.78, 5) is 0. The van der Waals surface area contributed by atoms with Crippen LogP contribution >= 0.6 is 0 Å². The number of amidine groups is 1. The molecule has 0 fully saturated rings. The lowest BCUT2D eigenvalue weighted by Gasteiger charge is -2.07. The van der Waals surface area contributed by atoms with Crippen LogP contribution in [0.4, 0.5) is 0 Å². The van der Waals surface area contributed by atoms with E-state index in [0.29, 0.717) is 0 Å². The van der Waals surface area contributed by atoms with Crippen molar-refractivity contribution in [1.29, 1.82) is 0 Å². The Bertz CT molecular complexity index is 300. The van der Waals surface area contributed by atoms with Gasteiger partial charge >= 0.3 is 10.2 Å². The molecule has 0 saturated carbocycles. The minimum Gasteiger partial charge on any atom is -0.385 e. The molecule has 0 aliphatic carbocycles. The van der Waals surface area contributed by atoms with Crippen molar-refractivity contribution in [2.45, 2.75) is 0 Å². The standard InChI is InChI=1S/C3H6N4O2S/c4-2-1-3(5)7-10(8,9)6-2/h1,6H,4H2,(H2,5,7). The van der Waals surface area contributed by atoms with Gasteiger partial charge in [-0.3, -0.25) is 4.72 Å². The van der Waals surface area contributed by atoms with Crippen LogP contribution in [-0.4, -0.2) is 14.3 Å². The van der Waals surface area contributed by atoms with Crippen molar-refractivity contribution < 1.29 is 8.42 Å². The maximum atomic E-state index is 10.6. The van der Waals surface area contributed by atoms with E-state index < -0.39 is 10.2 Å². The Morgan fingerprint density at radius 3 is 2.50 bits per heavy atom. The Morgan fingerprint density at radius 2 is 2.10 bits per heavy atom. The lowest BCUT2D eigenvalue weighted by atomic mass is 10.5. The van der Waals surface area contributed by atoms with Gasteiger partial charge in [0.2, 0.25) is 0 Å².